The molecule has 1 fully saturated rings. The van der Waals surface area contributed by atoms with Crippen LogP contribution in [-0.2, 0) is 9.84 Å². The highest BCUT2D eigenvalue weighted by Crippen LogP contribution is 2.22. The lowest BCUT2D eigenvalue weighted by Crippen LogP contribution is -2.35. The normalized spacial score (nSPS) is 21.5. The number of tetrazole rings is 1. The van der Waals surface area contributed by atoms with E-state index in [0.717, 1.165) is 17.8 Å². The molecular formula is C12H15N5O2S. The van der Waals surface area contributed by atoms with Crippen LogP contribution in [-0.4, -0.2) is 46.2 Å². The maximum atomic E-state index is 11.7. The Hall–Kier alpha value is -1.96. The van der Waals surface area contributed by atoms with Gasteiger partial charge in [0.1, 0.15) is 6.33 Å². The molecule has 20 heavy (non-hydrogen) atoms. The highest BCUT2D eigenvalue weighted by atomic mass is 32.2. The van der Waals surface area contributed by atoms with E-state index in [4.69, 9.17) is 0 Å². The van der Waals surface area contributed by atoms with Crippen molar-refractivity contribution in [1.82, 2.24) is 20.2 Å². The van der Waals surface area contributed by atoms with E-state index in [2.05, 4.69) is 20.8 Å². The van der Waals surface area contributed by atoms with Gasteiger partial charge in [0.05, 0.1) is 22.9 Å². The van der Waals surface area contributed by atoms with Gasteiger partial charge in [-0.3, -0.25) is 0 Å². The molecule has 1 aliphatic rings. The summed E-state index contributed by atoms with van der Waals surface area (Å²) < 4.78 is 24.9. The number of benzene rings is 1. The van der Waals surface area contributed by atoms with E-state index in [-0.39, 0.29) is 11.8 Å². The highest BCUT2D eigenvalue weighted by molar-refractivity contribution is 7.91. The van der Waals surface area contributed by atoms with Crippen LogP contribution in [0.1, 0.15) is 12.8 Å². The first-order valence-corrected chi connectivity index (χ1v) is 8.25. The number of sulfone groups is 1. The maximum Gasteiger partial charge on any atom is 0.152 e. The molecule has 3 rings (SSSR count). The molecular weight excluding hydrogens is 278 g/mol. The molecule has 0 aliphatic carbocycles. The van der Waals surface area contributed by atoms with E-state index in [1.807, 2.05) is 24.3 Å². The van der Waals surface area contributed by atoms with Crippen molar-refractivity contribution in [2.75, 3.05) is 16.8 Å². The molecule has 1 aromatic heterocycles. The van der Waals surface area contributed by atoms with Crippen LogP contribution >= 0.6 is 0 Å². The fourth-order valence-corrected chi connectivity index (χ4v) is 4.06. The van der Waals surface area contributed by atoms with Crippen molar-refractivity contribution in [2.24, 2.45) is 0 Å². The first-order chi connectivity index (χ1) is 9.64. The molecule has 2 aromatic rings. The second-order valence-corrected chi connectivity index (χ2v) is 7.10. The van der Waals surface area contributed by atoms with Crippen LogP contribution in [0.2, 0.25) is 0 Å². The van der Waals surface area contributed by atoms with Crippen LogP contribution in [0.25, 0.3) is 5.69 Å². The molecule has 1 saturated heterocycles. The Morgan fingerprint density at radius 2 is 2.15 bits per heavy atom. The fourth-order valence-electron chi connectivity index (χ4n) is 2.42. The van der Waals surface area contributed by atoms with Crippen molar-refractivity contribution in [3.63, 3.8) is 0 Å². The van der Waals surface area contributed by atoms with E-state index in [1.165, 1.54) is 6.33 Å². The van der Waals surface area contributed by atoms with Gasteiger partial charge in [0, 0.05) is 6.04 Å². The molecule has 8 heteroatoms. The van der Waals surface area contributed by atoms with Gasteiger partial charge in [0.15, 0.2) is 9.84 Å². The molecule has 7 nitrogen and oxygen atoms in total. The Balaban J connectivity index is 1.85. The number of aromatic nitrogens is 4. The average Bonchev–Trinajstić information content (AvgIpc) is 2.92. The van der Waals surface area contributed by atoms with Gasteiger partial charge in [-0.15, -0.1) is 5.10 Å². The van der Waals surface area contributed by atoms with E-state index < -0.39 is 9.84 Å². The summed E-state index contributed by atoms with van der Waals surface area (Å²) in [5.41, 5.74) is 1.64. The Morgan fingerprint density at radius 1 is 1.30 bits per heavy atom. The van der Waals surface area contributed by atoms with E-state index in [0.29, 0.717) is 12.2 Å². The minimum absolute atomic E-state index is 0.0635. The second-order valence-electron chi connectivity index (χ2n) is 4.87. The van der Waals surface area contributed by atoms with Crippen LogP contribution in [0, 0.1) is 0 Å². The molecule has 0 bridgehead atoms. The lowest BCUT2D eigenvalue weighted by molar-refractivity contribution is 0.562. The third-order valence-electron chi connectivity index (χ3n) is 3.32. The van der Waals surface area contributed by atoms with Crippen LogP contribution in [0.5, 0.6) is 0 Å². The number of para-hydroxylation sites is 2. The van der Waals surface area contributed by atoms with Crippen molar-refractivity contribution < 1.29 is 8.42 Å². The Morgan fingerprint density at radius 3 is 2.90 bits per heavy atom. The number of hydrogen-bond acceptors (Lipinski definition) is 6. The fraction of sp³-hybridized carbons (Fsp3) is 0.417. The third-order valence-corrected chi connectivity index (χ3v) is 5.14. The highest BCUT2D eigenvalue weighted by Gasteiger charge is 2.25. The van der Waals surface area contributed by atoms with Gasteiger partial charge in [0.25, 0.3) is 0 Å². The summed E-state index contributed by atoms with van der Waals surface area (Å²) in [6, 6.07) is 7.51. The summed E-state index contributed by atoms with van der Waals surface area (Å²) in [4.78, 5) is 0. The van der Waals surface area contributed by atoms with Gasteiger partial charge < -0.3 is 5.32 Å². The summed E-state index contributed by atoms with van der Waals surface area (Å²) >= 11 is 0. The summed E-state index contributed by atoms with van der Waals surface area (Å²) in [5.74, 6) is 0.469. The summed E-state index contributed by atoms with van der Waals surface area (Å²) in [6.45, 7) is 0. The SMILES string of the molecule is O=S1(=O)CCCC(Nc2ccccc2-n2cnnn2)C1. The molecule has 0 saturated carbocycles. The molecule has 2 heterocycles. The number of hydrogen-bond donors (Lipinski definition) is 1. The monoisotopic (exact) mass is 293 g/mol. The Bertz CT molecular complexity index is 684. The van der Waals surface area contributed by atoms with E-state index in [1.54, 1.807) is 4.68 Å². The molecule has 1 N–H and O–H groups in total. The first-order valence-electron chi connectivity index (χ1n) is 6.43. The zero-order valence-electron chi connectivity index (χ0n) is 10.8. The lowest BCUT2D eigenvalue weighted by atomic mass is 10.1. The molecule has 1 aliphatic heterocycles. The third kappa shape index (κ3) is 2.79. The van der Waals surface area contributed by atoms with Crippen LogP contribution in [0.3, 0.4) is 0 Å². The molecule has 106 valence electrons. The van der Waals surface area contributed by atoms with Gasteiger partial charge in [-0.2, -0.15) is 4.68 Å². The molecule has 1 atom stereocenters. The minimum atomic E-state index is -2.93. The van der Waals surface area contributed by atoms with Gasteiger partial charge >= 0.3 is 0 Å². The van der Waals surface area contributed by atoms with Crippen molar-refractivity contribution in [1.29, 1.82) is 0 Å². The van der Waals surface area contributed by atoms with Crippen molar-refractivity contribution in [3.05, 3.63) is 30.6 Å². The predicted molar refractivity (Wildman–Crippen MR) is 74.5 cm³/mol. The zero-order chi connectivity index (χ0) is 14.0. The summed E-state index contributed by atoms with van der Waals surface area (Å²) in [6.07, 6.45) is 3.06. The first kappa shape index (κ1) is 13.0. The molecule has 1 unspecified atom stereocenters. The van der Waals surface area contributed by atoms with E-state index in [9.17, 15) is 8.42 Å². The van der Waals surface area contributed by atoms with Gasteiger partial charge in [-0.25, -0.2) is 8.42 Å². The Labute approximate surface area is 116 Å². The van der Waals surface area contributed by atoms with Gasteiger partial charge in [0.2, 0.25) is 0 Å². The topological polar surface area (TPSA) is 89.8 Å². The largest absolute Gasteiger partial charge is 0.380 e. The minimum Gasteiger partial charge on any atom is -0.380 e. The maximum absolute atomic E-state index is 11.7. The van der Waals surface area contributed by atoms with E-state index >= 15 is 0 Å². The van der Waals surface area contributed by atoms with Crippen molar-refractivity contribution >= 4 is 15.5 Å². The standard InChI is InChI=1S/C12H15N5O2S/c18-20(19)7-3-4-10(8-20)14-11-5-1-2-6-12(11)17-9-13-15-16-17/h1-2,5-6,9-10,14H,3-4,7-8H2. The number of nitrogens with zero attached hydrogens (tertiary/aromatic N) is 4. The molecule has 0 amide bonds. The predicted octanol–water partition coefficient (Wildman–Crippen LogP) is 0.651. The van der Waals surface area contributed by atoms with Crippen molar-refractivity contribution in [3.8, 4) is 5.69 Å². The average molecular weight is 293 g/mol. The molecule has 1 aromatic carbocycles. The zero-order valence-corrected chi connectivity index (χ0v) is 11.6. The number of nitrogens with one attached hydrogen (secondary N) is 1. The van der Waals surface area contributed by atoms with Crippen LogP contribution in [0.15, 0.2) is 30.6 Å². The summed E-state index contributed by atoms with van der Waals surface area (Å²) in [5, 5.41) is 14.4. The van der Waals surface area contributed by atoms with Gasteiger partial charge in [-0.05, 0) is 35.4 Å². The Kier molecular flexibility index (Phi) is 3.39. The van der Waals surface area contributed by atoms with Crippen molar-refractivity contribution in [2.45, 2.75) is 18.9 Å². The molecule has 0 spiro atoms. The number of rotatable bonds is 3. The van der Waals surface area contributed by atoms with Gasteiger partial charge in [-0.1, -0.05) is 12.1 Å². The van der Waals surface area contributed by atoms with Crippen LogP contribution < -0.4 is 5.32 Å². The van der Waals surface area contributed by atoms with Crippen LogP contribution in [0.4, 0.5) is 5.69 Å². The molecule has 0 radical (unpaired) electrons. The summed E-state index contributed by atoms with van der Waals surface area (Å²) in [7, 11) is -2.93. The lowest BCUT2D eigenvalue weighted by Gasteiger charge is -2.25. The second kappa shape index (κ2) is 5.20. The smallest absolute Gasteiger partial charge is 0.152 e. The number of anilines is 1. The quantitative estimate of drug-likeness (QED) is 0.893.